The van der Waals surface area contributed by atoms with E-state index in [4.69, 9.17) is 4.74 Å². The summed E-state index contributed by atoms with van der Waals surface area (Å²) in [6.45, 7) is 7.94. The van der Waals surface area contributed by atoms with E-state index in [0.717, 1.165) is 23.6 Å². The van der Waals surface area contributed by atoms with Gasteiger partial charge in [-0.05, 0) is 44.4 Å². The summed E-state index contributed by atoms with van der Waals surface area (Å²) in [5.74, 6) is 1.59. The number of hydrogen-bond donors (Lipinski definition) is 1. The normalized spacial score (nSPS) is 14.7. The van der Waals surface area contributed by atoms with Crippen LogP contribution in [0.3, 0.4) is 0 Å². The van der Waals surface area contributed by atoms with E-state index in [0.29, 0.717) is 25.5 Å². The van der Waals surface area contributed by atoms with Gasteiger partial charge in [-0.25, -0.2) is 4.98 Å². The SMILES string of the molecule is Cc1nc2c(c(=O)[nH]1)CCN(COc1cccc(C)c1C)C2. The molecule has 0 aliphatic carbocycles. The first-order valence-corrected chi connectivity index (χ1v) is 7.54. The lowest BCUT2D eigenvalue weighted by Gasteiger charge is -2.27. The van der Waals surface area contributed by atoms with E-state index in [1.807, 2.05) is 19.1 Å². The van der Waals surface area contributed by atoms with Gasteiger partial charge in [0, 0.05) is 18.7 Å². The van der Waals surface area contributed by atoms with Crippen molar-refractivity contribution in [3.63, 3.8) is 0 Å². The molecule has 1 aromatic carbocycles. The van der Waals surface area contributed by atoms with Gasteiger partial charge < -0.3 is 9.72 Å². The fourth-order valence-corrected chi connectivity index (χ4v) is 2.77. The number of ether oxygens (including phenoxy) is 1. The maximum atomic E-state index is 11.9. The average molecular weight is 299 g/mol. The van der Waals surface area contributed by atoms with Crippen LogP contribution in [-0.2, 0) is 13.0 Å². The van der Waals surface area contributed by atoms with Crippen LogP contribution in [-0.4, -0.2) is 28.1 Å². The van der Waals surface area contributed by atoms with Gasteiger partial charge in [0.2, 0.25) is 0 Å². The molecule has 1 aromatic heterocycles. The number of aromatic amines is 1. The van der Waals surface area contributed by atoms with Crippen LogP contribution >= 0.6 is 0 Å². The lowest BCUT2D eigenvalue weighted by Crippen LogP contribution is -2.37. The average Bonchev–Trinajstić information content (AvgIpc) is 2.48. The number of aromatic nitrogens is 2. The topological polar surface area (TPSA) is 58.2 Å². The molecule has 1 N–H and O–H groups in total. The number of benzene rings is 1. The zero-order valence-corrected chi connectivity index (χ0v) is 13.3. The first kappa shape index (κ1) is 14.8. The summed E-state index contributed by atoms with van der Waals surface area (Å²) < 4.78 is 5.94. The Morgan fingerprint density at radius 2 is 2.14 bits per heavy atom. The molecule has 22 heavy (non-hydrogen) atoms. The van der Waals surface area contributed by atoms with Gasteiger partial charge in [-0.1, -0.05) is 12.1 Å². The predicted octanol–water partition coefficient (Wildman–Crippen LogP) is 2.09. The van der Waals surface area contributed by atoms with Crippen LogP contribution < -0.4 is 10.3 Å². The van der Waals surface area contributed by atoms with E-state index < -0.39 is 0 Å². The molecule has 1 aliphatic heterocycles. The monoisotopic (exact) mass is 299 g/mol. The quantitative estimate of drug-likeness (QED) is 0.943. The van der Waals surface area contributed by atoms with Crippen molar-refractivity contribution < 1.29 is 4.74 Å². The third-order valence-electron chi connectivity index (χ3n) is 4.23. The van der Waals surface area contributed by atoms with Crippen molar-refractivity contribution in [2.75, 3.05) is 13.3 Å². The number of fused-ring (bicyclic) bond motifs is 1. The smallest absolute Gasteiger partial charge is 0.254 e. The van der Waals surface area contributed by atoms with Gasteiger partial charge in [0.25, 0.3) is 5.56 Å². The largest absolute Gasteiger partial charge is 0.478 e. The molecule has 0 saturated carbocycles. The van der Waals surface area contributed by atoms with Crippen LogP contribution in [0.2, 0.25) is 0 Å². The summed E-state index contributed by atoms with van der Waals surface area (Å²) >= 11 is 0. The number of nitrogens with one attached hydrogen (secondary N) is 1. The van der Waals surface area contributed by atoms with E-state index >= 15 is 0 Å². The van der Waals surface area contributed by atoms with Crippen molar-refractivity contribution >= 4 is 0 Å². The molecule has 116 valence electrons. The summed E-state index contributed by atoms with van der Waals surface area (Å²) in [5.41, 5.74) is 4.08. The van der Waals surface area contributed by atoms with Gasteiger partial charge in [0.05, 0.1) is 5.69 Å². The number of H-pyrrole nitrogens is 1. The summed E-state index contributed by atoms with van der Waals surface area (Å²) in [6, 6.07) is 6.08. The lowest BCUT2D eigenvalue weighted by molar-refractivity contribution is 0.111. The van der Waals surface area contributed by atoms with E-state index in [-0.39, 0.29) is 5.56 Å². The minimum absolute atomic E-state index is 0.00223. The Balaban J connectivity index is 1.70. The van der Waals surface area contributed by atoms with Gasteiger partial charge in [0.1, 0.15) is 18.3 Å². The Bertz CT molecular complexity index is 752. The fraction of sp³-hybridized carbons (Fsp3) is 0.412. The van der Waals surface area contributed by atoms with Crippen LogP contribution in [0.25, 0.3) is 0 Å². The molecule has 0 bridgehead atoms. The van der Waals surface area contributed by atoms with Crippen molar-refractivity contribution in [2.24, 2.45) is 0 Å². The number of hydrogen-bond acceptors (Lipinski definition) is 4. The molecule has 0 saturated heterocycles. The molecule has 0 spiro atoms. The van der Waals surface area contributed by atoms with Crippen molar-refractivity contribution in [1.29, 1.82) is 0 Å². The van der Waals surface area contributed by atoms with Gasteiger partial charge >= 0.3 is 0 Å². The van der Waals surface area contributed by atoms with Gasteiger partial charge in [0.15, 0.2) is 0 Å². The van der Waals surface area contributed by atoms with Crippen LogP contribution in [0.15, 0.2) is 23.0 Å². The van der Waals surface area contributed by atoms with E-state index in [9.17, 15) is 4.79 Å². The second-order valence-electron chi connectivity index (χ2n) is 5.85. The highest BCUT2D eigenvalue weighted by molar-refractivity contribution is 5.38. The van der Waals surface area contributed by atoms with Crippen LogP contribution in [0.4, 0.5) is 0 Å². The molecule has 0 radical (unpaired) electrons. The molecule has 2 aromatic rings. The number of aryl methyl sites for hydroxylation is 2. The number of nitrogens with zero attached hydrogens (tertiary/aromatic N) is 2. The molecule has 0 atom stereocenters. The minimum Gasteiger partial charge on any atom is -0.478 e. The highest BCUT2D eigenvalue weighted by atomic mass is 16.5. The maximum absolute atomic E-state index is 11.9. The second-order valence-corrected chi connectivity index (χ2v) is 5.85. The Morgan fingerprint density at radius 1 is 1.32 bits per heavy atom. The Kier molecular flexibility index (Phi) is 3.98. The molecule has 5 heteroatoms. The van der Waals surface area contributed by atoms with Crippen molar-refractivity contribution in [2.45, 2.75) is 33.7 Å². The summed E-state index contributed by atoms with van der Waals surface area (Å²) in [4.78, 5) is 21.3. The first-order chi connectivity index (χ1) is 10.5. The second kappa shape index (κ2) is 5.93. The third-order valence-corrected chi connectivity index (χ3v) is 4.23. The molecule has 0 fully saturated rings. The molecule has 1 aliphatic rings. The van der Waals surface area contributed by atoms with E-state index in [2.05, 4.69) is 34.8 Å². The van der Waals surface area contributed by atoms with Crippen molar-refractivity contribution in [3.8, 4) is 5.75 Å². The third kappa shape index (κ3) is 2.90. The molecular weight excluding hydrogens is 278 g/mol. The molecule has 2 heterocycles. The van der Waals surface area contributed by atoms with Gasteiger partial charge in [-0.3, -0.25) is 9.69 Å². The molecule has 0 amide bonds. The molecule has 3 rings (SSSR count). The van der Waals surface area contributed by atoms with Crippen LogP contribution in [0.1, 0.15) is 28.2 Å². The Hall–Kier alpha value is -2.14. The Morgan fingerprint density at radius 3 is 2.95 bits per heavy atom. The first-order valence-electron chi connectivity index (χ1n) is 7.54. The zero-order chi connectivity index (χ0) is 15.7. The van der Waals surface area contributed by atoms with Gasteiger partial charge in [-0.2, -0.15) is 0 Å². The highest BCUT2D eigenvalue weighted by Crippen LogP contribution is 2.21. The summed E-state index contributed by atoms with van der Waals surface area (Å²) in [5, 5.41) is 0. The minimum atomic E-state index is -0.00223. The van der Waals surface area contributed by atoms with Crippen molar-refractivity contribution in [1.82, 2.24) is 14.9 Å². The number of rotatable bonds is 3. The van der Waals surface area contributed by atoms with Crippen molar-refractivity contribution in [3.05, 3.63) is 56.8 Å². The Labute approximate surface area is 130 Å². The highest BCUT2D eigenvalue weighted by Gasteiger charge is 2.20. The lowest BCUT2D eigenvalue weighted by atomic mass is 10.1. The fourth-order valence-electron chi connectivity index (χ4n) is 2.77. The molecule has 0 unspecified atom stereocenters. The summed E-state index contributed by atoms with van der Waals surface area (Å²) in [6.07, 6.45) is 0.716. The van der Waals surface area contributed by atoms with Crippen LogP contribution in [0, 0.1) is 20.8 Å². The predicted molar refractivity (Wildman–Crippen MR) is 85.1 cm³/mol. The maximum Gasteiger partial charge on any atom is 0.254 e. The van der Waals surface area contributed by atoms with Crippen LogP contribution in [0.5, 0.6) is 5.75 Å². The zero-order valence-electron chi connectivity index (χ0n) is 13.3. The summed E-state index contributed by atoms with van der Waals surface area (Å²) in [7, 11) is 0. The molecule has 5 nitrogen and oxygen atoms in total. The van der Waals surface area contributed by atoms with E-state index in [1.54, 1.807) is 0 Å². The van der Waals surface area contributed by atoms with Gasteiger partial charge in [-0.15, -0.1) is 0 Å². The van der Waals surface area contributed by atoms with E-state index in [1.165, 1.54) is 11.1 Å². The molecular formula is C17H21N3O2. The standard InChI is InChI=1S/C17H21N3O2/c1-11-5-4-6-16(12(11)2)22-10-20-8-7-14-15(9-20)18-13(3)19-17(14)21/h4-6H,7-10H2,1-3H3,(H,18,19,21).